The monoisotopic (exact) mass is 374 g/mol. The van der Waals surface area contributed by atoms with Crippen LogP contribution in [0.1, 0.15) is 24.1 Å². The molecule has 1 N–H and O–H groups in total. The Kier molecular flexibility index (Phi) is 4.63. The highest BCUT2D eigenvalue weighted by molar-refractivity contribution is 5.93. The molecule has 4 rings (SSSR count). The molecule has 0 saturated carbocycles. The van der Waals surface area contributed by atoms with Crippen LogP contribution < -0.4 is 0 Å². The first-order valence-electron chi connectivity index (χ1n) is 9.10. The zero-order valence-electron chi connectivity index (χ0n) is 15.1. The number of benzene rings is 1. The molecule has 1 aliphatic rings. The molecule has 4 nitrogen and oxygen atoms in total. The Balaban J connectivity index is 1.65. The van der Waals surface area contributed by atoms with E-state index in [0.717, 1.165) is 48.2 Å². The summed E-state index contributed by atoms with van der Waals surface area (Å²) in [6, 6.07) is 6.99. The molecule has 0 aliphatic carbocycles. The lowest BCUT2D eigenvalue weighted by molar-refractivity contribution is -0.137. The Labute approximate surface area is 155 Å². The van der Waals surface area contributed by atoms with Gasteiger partial charge in [-0.1, -0.05) is 12.1 Å². The molecule has 0 spiro atoms. The van der Waals surface area contributed by atoms with E-state index in [1.54, 1.807) is 0 Å². The maximum Gasteiger partial charge on any atom is 0.416 e. The van der Waals surface area contributed by atoms with E-state index < -0.39 is 11.7 Å². The predicted octanol–water partition coefficient (Wildman–Crippen LogP) is 4.53. The third kappa shape index (κ3) is 3.69. The van der Waals surface area contributed by atoms with Crippen molar-refractivity contribution in [3.8, 4) is 11.3 Å². The highest BCUT2D eigenvalue weighted by Crippen LogP contribution is 2.33. The third-order valence-electron chi connectivity index (χ3n) is 5.25. The highest BCUT2D eigenvalue weighted by atomic mass is 19.4. The molecule has 2 aromatic heterocycles. The lowest BCUT2D eigenvalue weighted by Gasteiger charge is -2.29. The summed E-state index contributed by atoms with van der Waals surface area (Å²) in [7, 11) is 2.13. The van der Waals surface area contributed by atoms with Gasteiger partial charge in [0.05, 0.1) is 16.8 Å². The molecule has 1 atom stereocenters. The summed E-state index contributed by atoms with van der Waals surface area (Å²) in [5, 5.41) is 9.68. The predicted molar refractivity (Wildman–Crippen MR) is 98.3 cm³/mol. The number of aromatic nitrogens is 3. The van der Waals surface area contributed by atoms with Crippen molar-refractivity contribution in [2.24, 2.45) is 5.92 Å². The lowest BCUT2D eigenvalue weighted by Crippen LogP contribution is -2.33. The lowest BCUT2D eigenvalue weighted by atomic mass is 9.93. The van der Waals surface area contributed by atoms with Gasteiger partial charge in [0.1, 0.15) is 5.69 Å². The quantitative estimate of drug-likeness (QED) is 0.733. The molecule has 142 valence electrons. The van der Waals surface area contributed by atoms with Gasteiger partial charge in [-0.2, -0.15) is 18.3 Å². The first-order chi connectivity index (χ1) is 12.9. The Morgan fingerprint density at radius 3 is 2.63 bits per heavy atom. The molecular weight excluding hydrogens is 353 g/mol. The van der Waals surface area contributed by atoms with Crippen LogP contribution in [-0.4, -0.2) is 40.2 Å². The van der Waals surface area contributed by atoms with Crippen molar-refractivity contribution in [3.05, 3.63) is 47.8 Å². The smallest absolute Gasteiger partial charge is 0.360 e. The van der Waals surface area contributed by atoms with Gasteiger partial charge in [0.2, 0.25) is 0 Å². The van der Waals surface area contributed by atoms with E-state index in [2.05, 4.69) is 27.1 Å². The van der Waals surface area contributed by atoms with Crippen molar-refractivity contribution in [2.45, 2.75) is 25.4 Å². The number of piperidine rings is 1. The molecule has 1 saturated heterocycles. The summed E-state index contributed by atoms with van der Waals surface area (Å²) in [5.41, 5.74) is 2.41. The number of hydrogen-bond acceptors (Lipinski definition) is 3. The number of nitrogens with one attached hydrogen (secondary N) is 1. The topological polar surface area (TPSA) is 44.8 Å². The Morgan fingerprint density at radius 2 is 1.93 bits per heavy atom. The van der Waals surface area contributed by atoms with Crippen molar-refractivity contribution in [3.63, 3.8) is 0 Å². The minimum atomic E-state index is -4.34. The normalized spacial score (nSPS) is 18.9. The first-order valence-corrected chi connectivity index (χ1v) is 9.10. The van der Waals surface area contributed by atoms with Crippen LogP contribution in [0.3, 0.4) is 0 Å². The molecule has 7 heteroatoms. The molecule has 3 aromatic rings. The second-order valence-corrected chi connectivity index (χ2v) is 7.31. The second-order valence-electron chi connectivity index (χ2n) is 7.31. The Hall–Kier alpha value is -2.41. The van der Waals surface area contributed by atoms with E-state index >= 15 is 0 Å². The number of fused-ring (bicyclic) bond motifs is 1. The molecule has 0 amide bonds. The van der Waals surface area contributed by atoms with Crippen LogP contribution >= 0.6 is 0 Å². The maximum atomic E-state index is 12.8. The minimum absolute atomic E-state index is 0.543. The van der Waals surface area contributed by atoms with Gasteiger partial charge in [-0.25, -0.2) is 0 Å². The van der Waals surface area contributed by atoms with Gasteiger partial charge in [0, 0.05) is 23.7 Å². The van der Waals surface area contributed by atoms with Crippen LogP contribution in [0.25, 0.3) is 22.2 Å². The van der Waals surface area contributed by atoms with Gasteiger partial charge in [-0.3, -0.25) is 0 Å². The van der Waals surface area contributed by atoms with Gasteiger partial charge in [-0.05, 0) is 57.0 Å². The number of H-pyrrole nitrogens is 1. The maximum absolute atomic E-state index is 12.8. The molecule has 0 radical (unpaired) electrons. The van der Waals surface area contributed by atoms with Crippen LogP contribution in [-0.2, 0) is 12.6 Å². The first kappa shape index (κ1) is 18.0. The number of nitrogens with zero attached hydrogens (tertiary/aromatic N) is 3. The van der Waals surface area contributed by atoms with Gasteiger partial charge >= 0.3 is 6.18 Å². The fraction of sp³-hybridized carbons (Fsp3) is 0.400. The van der Waals surface area contributed by atoms with Crippen molar-refractivity contribution < 1.29 is 13.2 Å². The standard InChI is InChI=1S/C20H21F3N4/c1-27-10-2-3-13(12-27)11-17-19-16(8-9-24-19)18(26-25-17)14-4-6-15(7-5-14)20(21,22)23/h4-9,13,24H,2-3,10-12H2,1H3. The van der Waals surface area contributed by atoms with E-state index in [1.165, 1.54) is 25.0 Å². The van der Waals surface area contributed by atoms with Crippen molar-refractivity contribution in [2.75, 3.05) is 20.1 Å². The summed E-state index contributed by atoms with van der Waals surface area (Å²) in [5.74, 6) is 0.543. The molecular formula is C20H21F3N4. The Morgan fingerprint density at radius 1 is 1.15 bits per heavy atom. The van der Waals surface area contributed by atoms with E-state index in [4.69, 9.17) is 0 Å². The molecule has 3 heterocycles. The van der Waals surface area contributed by atoms with Crippen molar-refractivity contribution >= 4 is 10.9 Å². The fourth-order valence-electron chi connectivity index (χ4n) is 3.91. The molecule has 0 bridgehead atoms. The van der Waals surface area contributed by atoms with Crippen LogP contribution in [0, 0.1) is 5.92 Å². The van der Waals surface area contributed by atoms with Crippen molar-refractivity contribution in [1.82, 2.24) is 20.1 Å². The zero-order valence-corrected chi connectivity index (χ0v) is 15.1. The van der Waals surface area contributed by atoms with Gasteiger partial charge in [0.25, 0.3) is 0 Å². The molecule has 1 aliphatic heterocycles. The summed E-state index contributed by atoms with van der Waals surface area (Å²) >= 11 is 0. The van der Waals surface area contributed by atoms with Crippen LogP contribution in [0.15, 0.2) is 36.5 Å². The molecule has 1 fully saturated rings. The van der Waals surface area contributed by atoms with Gasteiger partial charge in [-0.15, -0.1) is 5.10 Å². The van der Waals surface area contributed by atoms with Crippen molar-refractivity contribution in [1.29, 1.82) is 0 Å². The third-order valence-corrected chi connectivity index (χ3v) is 5.25. The largest absolute Gasteiger partial charge is 0.416 e. The number of likely N-dealkylation sites (tertiary alicyclic amines) is 1. The van der Waals surface area contributed by atoms with E-state index in [1.807, 2.05) is 12.3 Å². The van der Waals surface area contributed by atoms with E-state index in [-0.39, 0.29) is 0 Å². The zero-order chi connectivity index (χ0) is 19.0. The number of halogens is 3. The number of rotatable bonds is 3. The molecule has 1 unspecified atom stereocenters. The van der Waals surface area contributed by atoms with Gasteiger partial charge < -0.3 is 9.88 Å². The van der Waals surface area contributed by atoms with E-state index in [9.17, 15) is 13.2 Å². The van der Waals surface area contributed by atoms with Crippen LogP contribution in [0.2, 0.25) is 0 Å². The highest BCUT2D eigenvalue weighted by Gasteiger charge is 2.30. The van der Waals surface area contributed by atoms with Crippen LogP contribution in [0.4, 0.5) is 13.2 Å². The minimum Gasteiger partial charge on any atom is -0.360 e. The average molecular weight is 374 g/mol. The average Bonchev–Trinajstić information content (AvgIpc) is 3.12. The molecule has 27 heavy (non-hydrogen) atoms. The second kappa shape index (κ2) is 6.96. The fourth-order valence-corrected chi connectivity index (χ4v) is 3.91. The number of aromatic amines is 1. The summed E-state index contributed by atoms with van der Waals surface area (Å²) in [6.45, 7) is 2.18. The summed E-state index contributed by atoms with van der Waals surface area (Å²) < 4.78 is 38.4. The van der Waals surface area contributed by atoms with E-state index in [0.29, 0.717) is 17.2 Å². The SMILES string of the molecule is CN1CCCC(Cc2nnc(-c3ccc(C(F)(F)F)cc3)c3cc[nH]c23)C1. The molecule has 1 aromatic carbocycles. The number of hydrogen-bond donors (Lipinski definition) is 1. The van der Waals surface area contributed by atoms with Crippen LogP contribution in [0.5, 0.6) is 0 Å². The van der Waals surface area contributed by atoms with Gasteiger partial charge in [0.15, 0.2) is 0 Å². The Bertz CT molecular complexity index is 931. The summed E-state index contributed by atoms with van der Waals surface area (Å²) in [4.78, 5) is 5.58. The number of alkyl halides is 3. The summed E-state index contributed by atoms with van der Waals surface area (Å²) in [6.07, 6.45) is 0.700.